The third-order valence-corrected chi connectivity index (χ3v) is 3.31. The van der Waals surface area contributed by atoms with Crippen molar-refractivity contribution in [2.24, 2.45) is 0 Å². The second-order valence-electron chi connectivity index (χ2n) is 4.96. The van der Waals surface area contributed by atoms with Gasteiger partial charge < -0.3 is 19.3 Å². The molecule has 18 heavy (non-hydrogen) atoms. The lowest BCUT2D eigenvalue weighted by atomic mass is 9.99. The monoisotopic (exact) mass is 256 g/mol. The Balaban J connectivity index is 1.96. The van der Waals surface area contributed by atoms with Crippen LogP contribution in [0.5, 0.6) is 0 Å². The molecule has 5 nitrogen and oxygen atoms in total. The molecular formula is C13H20O5. The van der Waals surface area contributed by atoms with Crippen molar-refractivity contribution in [1.82, 2.24) is 0 Å². The normalized spacial score (nSPS) is 45.2. The maximum Gasteiger partial charge on any atom is 0.184 e. The van der Waals surface area contributed by atoms with Crippen LogP contribution in [0.25, 0.3) is 0 Å². The number of aliphatic hydroxyl groups is 1. The van der Waals surface area contributed by atoms with Crippen LogP contribution in [0.2, 0.25) is 0 Å². The van der Waals surface area contributed by atoms with Crippen LogP contribution < -0.4 is 0 Å². The molecule has 0 aromatic heterocycles. The maximum absolute atomic E-state index is 11.3. The topological polar surface area (TPSA) is 65.0 Å². The van der Waals surface area contributed by atoms with Crippen LogP contribution in [-0.4, -0.2) is 47.7 Å². The lowest BCUT2D eigenvalue weighted by molar-refractivity contribution is -0.239. The third kappa shape index (κ3) is 2.98. The second kappa shape index (κ2) is 5.48. The Morgan fingerprint density at radius 3 is 2.67 bits per heavy atom. The summed E-state index contributed by atoms with van der Waals surface area (Å²) in [5.74, 6) is -0.0723. The van der Waals surface area contributed by atoms with E-state index in [0.29, 0.717) is 6.42 Å². The van der Waals surface area contributed by atoms with E-state index in [2.05, 4.69) is 0 Å². The van der Waals surface area contributed by atoms with E-state index in [4.69, 9.17) is 14.2 Å². The van der Waals surface area contributed by atoms with Crippen LogP contribution in [0.1, 0.15) is 27.2 Å². The van der Waals surface area contributed by atoms with Gasteiger partial charge in [0, 0.05) is 6.42 Å². The number of ether oxygens (including phenoxy) is 3. The average Bonchev–Trinajstić information content (AvgIpc) is 2.28. The molecule has 1 N–H and O–H groups in total. The van der Waals surface area contributed by atoms with Gasteiger partial charge in [0.25, 0.3) is 0 Å². The molecule has 0 radical (unpaired) electrons. The Hall–Kier alpha value is -0.750. The first-order valence-electron chi connectivity index (χ1n) is 6.34. The first kappa shape index (κ1) is 13.7. The predicted molar refractivity (Wildman–Crippen MR) is 64.0 cm³/mol. The molecule has 6 unspecified atom stereocenters. The van der Waals surface area contributed by atoms with Gasteiger partial charge >= 0.3 is 0 Å². The fourth-order valence-corrected chi connectivity index (χ4v) is 2.34. The molecule has 0 aromatic rings. The molecule has 1 fully saturated rings. The minimum absolute atomic E-state index is 0.0261. The fourth-order valence-electron chi connectivity index (χ4n) is 2.34. The first-order valence-corrected chi connectivity index (χ1v) is 6.34. The number of carbonyl (C=O) groups is 1. The zero-order valence-corrected chi connectivity index (χ0v) is 10.9. The smallest absolute Gasteiger partial charge is 0.184 e. The standard InChI is InChI=1S/C13H20O5/c1-7-6-11(15)13(9(3)16-7)18-12-5-4-10(14)8(2)17-12/h4-5,7-9,11-13,15H,6H2,1-3H3. The molecule has 0 bridgehead atoms. The van der Waals surface area contributed by atoms with Crippen molar-refractivity contribution in [3.63, 3.8) is 0 Å². The number of hydrogen-bond acceptors (Lipinski definition) is 5. The van der Waals surface area contributed by atoms with E-state index in [9.17, 15) is 9.90 Å². The van der Waals surface area contributed by atoms with Crippen molar-refractivity contribution >= 4 is 5.78 Å². The van der Waals surface area contributed by atoms with E-state index in [-0.39, 0.29) is 18.0 Å². The minimum Gasteiger partial charge on any atom is -0.390 e. The van der Waals surface area contributed by atoms with E-state index in [0.717, 1.165) is 0 Å². The summed E-state index contributed by atoms with van der Waals surface area (Å²) in [6, 6.07) is 0. The fraction of sp³-hybridized carbons (Fsp3) is 0.769. The third-order valence-electron chi connectivity index (χ3n) is 3.31. The van der Waals surface area contributed by atoms with E-state index >= 15 is 0 Å². The van der Waals surface area contributed by atoms with E-state index in [1.54, 1.807) is 13.0 Å². The van der Waals surface area contributed by atoms with Crippen LogP contribution in [0.4, 0.5) is 0 Å². The van der Waals surface area contributed by atoms with Gasteiger partial charge in [-0.25, -0.2) is 0 Å². The van der Waals surface area contributed by atoms with Crippen molar-refractivity contribution < 1.29 is 24.1 Å². The summed E-state index contributed by atoms with van der Waals surface area (Å²) in [5, 5.41) is 10.0. The summed E-state index contributed by atoms with van der Waals surface area (Å²) < 4.78 is 16.7. The van der Waals surface area contributed by atoms with Gasteiger partial charge in [0.05, 0.1) is 18.3 Å². The molecule has 6 atom stereocenters. The number of carbonyl (C=O) groups excluding carboxylic acids is 1. The molecule has 5 heteroatoms. The highest BCUT2D eigenvalue weighted by molar-refractivity contribution is 5.93. The Morgan fingerprint density at radius 2 is 2.06 bits per heavy atom. The number of hydrogen-bond donors (Lipinski definition) is 1. The molecule has 0 saturated carbocycles. The quantitative estimate of drug-likeness (QED) is 0.791. The summed E-state index contributed by atoms with van der Waals surface area (Å²) in [5.41, 5.74) is 0. The molecule has 102 valence electrons. The first-order chi connectivity index (χ1) is 8.47. The summed E-state index contributed by atoms with van der Waals surface area (Å²) in [7, 11) is 0. The van der Waals surface area contributed by atoms with Gasteiger partial charge in [-0.15, -0.1) is 0 Å². The Morgan fingerprint density at radius 1 is 1.33 bits per heavy atom. The van der Waals surface area contributed by atoms with Gasteiger partial charge in [-0.3, -0.25) is 4.79 Å². The van der Waals surface area contributed by atoms with Crippen LogP contribution >= 0.6 is 0 Å². The van der Waals surface area contributed by atoms with Crippen molar-refractivity contribution in [1.29, 1.82) is 0 Å². The Kier molecular flexibility index (Phi) is 4.17. The highest BCUT2D eigenvalue weighted by Crippen LogP contribution is 2.25. The average molecular weight is 256 g/mol. The van der Waals surface area contributed by atoms with E-state index in [1.807, 2.05) is 13.8 Å². The summed E-state index contributed by atoms with van der Waals surface area (Å²) in [4.78, 5) is 11.3. The van der Waals surface area contributed by atoms with Gasteiger partial charge in [0.1, 0.15) is 12.2 Å². The largest absolute Gasteiger partial charge is 0.390 e. The summed E-state index contributed by atoms with van der Waals surface area (Å²) in [6.45, 7) is 5.47. The van der Waals surface area contributed by atoms with Crippen molar-refractivity contribution in [3.8, 4) is 0 Å². The number of rotatable bonds is 2. The van der Waals surface area contributed by atoms with Gasteiger partial charge in [-0.1, -0.05) is 0 Å². The molecule has 0 amide bonds. The predicted octanol–water partition coefficient (Wildman–Crippen LogP) is 0.800. The van der Waals surface area contributed by atoms with Crippen molar-refractivity contribution in [3.05, 3.63) is 12.2 Å². The zero-order valence-electron chi connectivity index (χ0n) is 10.9. The number of ketones is 1. The SMILES string of the molecule is CC1CC(O)C(OC2C=CC(=O)C(C)O2)C(C)O1. The summed E-state index contributed by atoms with van der Waals surface area (Å²) in [6.07, 6.45) is 1.28. The van der Waals surface area contributed by atoms with Gasteiger partial charge in [-0.2, -0.15) is 0 Å². The van der Waals surface area contributed by atoms with Gasteiger partial charge in [0.2, 0.25) is 0 Å². The lowest BCUT2D eigenvalue weighted by Gasteiger charge is -2.38. The van der Waals surface area contributed by atoms with Gasteiger partial charge in [0.15, 0.2) is 12.1 Å². The van der Waals surface area contributed by atoms with Crippen LogP contribution in [-0.2, 0) is 19.0 Å². The van der Waals surface area contributed by atoms with E-state index in [1.165, 1.54) is 6.08 Å². The van der Waals surface area contributed by atoms with Crippen molar-refractivity contribution in [2.45, 2.75) is 64.0 Å². The maximum atomic E-state index is 11.3. The highest BCUT2D eigenvalue weighted by Gasteiger charge is 2.37. The number of aliphatic hydroxyl groups excluding tert-OH is 1. The molecule has 2 rings (SSSR count). The van der Waals surface area contributed by atoms with Crippen LogP contribution in [0, 0.1) is 0 Å². The second-order valence-corrected chi connectivity index (χ2v) is 4.96. The Bertz CT molecular complexity index is 328. The van der Waals surface area contributed by atoms with E-state index < -0.39 is 24.6 Å². The molecular weight excluding hydrogens is 236 g/mol. The van der Waals surface area contributed by atoms with Gasteiger partial charge in [-0.05, 0) is 32.9 Å². The van der Waals surface area contributed by atoms with Crippen LogP contribution in [0.15, 0.2) is 12.2 Å². The minimum atomic E-state index is -0.600. The molecule has 2 aliphatic rings. The molecule has 0 aliphatic carbocycles. The lowest BCUT2D eigenvalue weighted by Crippen LogP contribution is -2.49. The van der Waals surface area contributed by atoms with Crippen LogP contribution in [0.3, 0.4) is 0 Å². The molecule has 2 aliphatic heterocycles. The summed E-state index contributed by atoms with van der Waals surface area (Å²) >= 11 is 0. The molecule has 0 spiro atoms. The highest BCUT2D eigenvalue weighted by atomic mass is 16.7. The molecule has 0 aromatic carbocycles. The zero-order chi connectivity index (χ0) is 13.3. The Labute approximate surface area is 107 Å². The molecule has 2 heterocycles. The molecule has 1 saturated heterocycles. The van der Waals surface area contributed by atoms with Crippen molar-refractivity contribution in [2.75, 3.05) is 0 Å².